The first-order chi connectivity index (χ1) is 10.6. The molecule has 22 heavy (non-hydrogen) atoms. The number of nitrogens with zero attached hydrogens (tertiary/aromatic N) is 1. The maximum Gasteiger partial charge on any atom is 0.262 e. The lowest BCUT2D eigenvalue weighted by molar-refractivity contribution is -0.117. The molecule has 1 fully saturated rings. The maximum atomic E-state index is 12.2. The van der Waals surface area contributed by atoms with Crippen LogP contribution in [0.25, 0.3) is 6.08 Å². The van der Waals surface area contributed by atoms with Gasteiger partial charge in [0.15, 0.2) is 0 Å². The highest BCUT2D eigenvalue weighted by molar-refractivity contribution is 14.1. The number of methoxy groups -OCH3 is 1. The van der Waals surface area contributed by atoms with Gasteiger partial charge in [-0.1, -0.05) is 25.3 Å². The van der Waals surface area contributed by atoms with Crippen molar-refractivity contribution in [2.75, 3.05) is 7.11 Å². The van der Waals surface area contributed by atoms with Gasteiger partial charge in [0, 0.05) is 6.04 Å². The number of ether oxygens (including phenoxy) is 1. The van der Waals surface area contributed by atoms with E-state index in [9.17, 15) is 10.1 Å². The number of nitriles is 1. The number of amides is 1. The van der Waals surface area contributed by atoms with Gasteiger partial charge in [-0.2, -0.15) is 5.26 Å². The summed E-state index contributed by atoms with van der Waals surface area (Å²) in [6.07, 6.45) is 7.16. The van der Waals surface area contributed by atoms with Gasteiger partial charge in [-0.3, -0.25) is 4.79 Å². The van der Waals surface area contributed by atoms with Gasteiger partial charge in [-0.05, 0) is 59.2 Å². The third-order valence-corrected chi connectivity index (χ3v) is 4.64. The molecule has 1 amide bonds. The molecule has 0 bridgehead atoms. The Bertz CT molecular complexity index is 614. The molecule has 0 unspecified atom stereocenters. The number of nitrogens with one attached hydrogen (secondary N) is 1. The van der Waals surface area contributed by atoms with Gasteiger partial charge in [-0.15, -0.1) is 0 Å². The molecule has 0 heterocycles. The van der Waals surface area contributed by atoms with Gasteiger partial charge in [0.25, 0.3) is 5.91 Å². The minimum atomic E-state index is -0.278. The molecule has 5 heteroatoms. The molecular formula is C17H19IN2O2. The highest BCUT2D eigenvalue weighted by Gasteiger charge is 2.18. The molecule has 116 valence electrons. The van der Waals surface area contributed by atoms with E-state index in [1.54, 1.807) is 13.2 Å². The smallest absolute Gasteiger partial charge is 0.262 e. The van der Waals surface area contributed by atoms with Crippen LogP contribution in [-0.2, 0) is 4.79 Å². The molecule has 1 aliphatic carbocycles. The fraction of sp³-hybridized carbons (Fsp3) is 0.412. The van der Waals surface area contributed by atoms with Gasteiger partial charge < -0.3 is 10.1 Å². The molecule has 4 nitrogen and oxygen atoms in total. The summed E-state index contributed by atoms with van der Waals surface area (Å²) in [6.45, 7) is 0. The van der Waals surface area contributed by atoms with E-state index in [1.807, 2.05) is 24.3 Å². The first-order valence-corrected chi connectivity index (χ1v) is 8.48. The summed E-state index contributed by atoms with van der Waals surface area (Å²) in [5, 5.41) is 12.2. The maximum absolute atomic E-state index is 12.2. The fourth-order valence-corrected chi connectivity index (χ4v) is 3.36. The second-order valence-electron chi connectivity index (χ2n) is 5.37. The summed E-state index contributed by atoms with van der Waals surface area (Å²) in [5.74, 6) is 0.503. The molecule has 0 aliphatic heterocycles. The molecule has 0 radical (unpaired) electrons. The van der Waals surface area contributed by atoms with E-state index in [0.29, 0.717) is 0 Å². The molecule has 1 saturated carbocycles. The number of rotatable bonds is 4. The van der Waals surface area contributed by atoms with Crippen LogP contribution in [0.5, 0.6) is 5.75 Å². The van der Waals surface area contributed by atoms with E-state index >= 15 is 0 Å². The van der Waals surface area contributed by atoms with E-state index < -0.39 is 0 Å². The number of benzene rings is 1. The van der Waals surface area contributed by atoms with Crippen LogP contribution in [0, 0.1) is 14.9 Å². The van der Waals surface area contributed by atoms with Gasteiger partial charge >= 0.3 is 0 Å². The van der Waals surface area contributed by atoms with Gasteiger partial charge in [0.05, 0.1) is 10.7 Å². The summed E-state index contributed by atoms with van der Waals surface area (Å²) in [5.41, 5.74) is 0.965. The first kappa shape index (κ1) is 16.8. The van der Waals surface area contributed by atoms with Crippen molar-refractivity contribution >= 4 is 34.6 Å². The minimum absolute atomic E-state index is 0.145. The highest BCUT2D eigenvalue weighted by Crippen LogP contribution is 2.23. The van der Waals surface area contributed by atoms with Gasteiger partial charge in [0.2, 0.25) is 0 Å². The molecule has 2 rings (SSSR count). The first-order valence-electron chi connectivity index (χ1n) is 7.40. The van der Waals surface area contributed by atoms with Crippen molar-refractivity contribution in [1.29, 1.82) is 5.26 Å². The number of carbonyl (C=O) groups excluding carboxylic acids is 1. The van der Waals surface area contributed by atoms with Crippen molar-refractivity contribution in [3.8, 4) is 11.8 Å². The number of hydrogen-bond acceptors (Lipinski definition) is 3. The summed E-state index contributed by atoms with van der Waals surface area (Å²) in [7, 11) is 1.62. The number of halogens is 1. The summed E-state index contributed by atoms with van der Waals surface area (Å²) in [6, 6.07) is 7.77. The SMILES string of the molecule is COc1ccc(/C=C(\C#N)C(=O)NC2CCCCC2)cc1I. The van der Waals surface area contributed by atoms with Crippen LogP contribution < -0.4 is 10.1 Å². The van der Waals surface area contributed by atoms with Crippen LogP contribution in [0.15, 0.2) is 23.8 Å². The number of hydrogen-bond donors (Lipinski definition) is 1. The Morgan fingerprint density at radius 2 is 2.14 bits per heavy atom. The van der Waals surface area contributed by atoms with Crippen molar-refractivity contribution < 1.29 is 9.53 Å². The second-order valence-corrected chi connectivity index (χ2v) is 6.53. The average molecular weight is 410 g/mol. The standard InChI is InChI=1S/C17H19IN2O2/c1-22-16-8-7-12(10-15(16)18)9-13(11-19)17(21)20-14-5-3-2-4-6-14/h7-10,14H,2-6H2,1H3,(H,20,21)/b13-9+. The largest absolute Gasteiger partial charge is 0.496 e. The molecule has 1 aliphatic rings. The normalized spacial score (nSPS) is 16.0. The Labute approximate surface area is 144 Å². The van der Waals surface area contributed by atoms with Crippen LogP contribution in [-0.4, -0.2) is 19.1 Å². The molecule has 1 aromatic rings. The number of carbonyl (C=O) groups is 1. The van der Waals surface area contributed by atoms with E-state index in [0.717, 1.165) is 40.6 Å². The Kier molecular flexibility index (Phi) is 6.25. The van der Waals surface area contributed by atoms with E-state index in [4.69, 9.17) is 4.74 Å². The topological polar surface area (TPSA) is 62.1 Å². The quantitative estimate of drug-likeness (QED) is 0.468. The third-order valence-electron chi connectivity index (χ3n) is 3.79. The second kappa shape index (κ2) is 8.18. The zero-order chi connectivity index (χ0) is 15.9. The van der Waals surface area contributed by atoms with Crippen LogP contribution in [0.1, 0.15) is 37.7 Å². The molecule has 0 aromatic heterocycles. The lowest BCUT2D eigenvalue weighted by atomic mass is 9.95. The highest BCUT2D eigenvalue weighted by atomic mass is 127. The molecule has 0 spiro atoms. The van der Waals surface area contributed by atoms with Crippen LogP contribution in [0.2, 0.25) is 0 Å². The van der Waals surface area contributed by atoms with E-state index in [2.05, 4.69) is 27.9 Å². The van der Waals surface area contributed by atoms with Crippen molar-refractivity contribution in [3.05, 3.63) is 32.9 Å². The van der Waals surface area contributed by atoms with Gasteiger partial charge in [0.1, 0.15) is 17.4 Å². The molecule has 1 N–H and O–H groups in total. The Morgan fingerprint density at radius 3 is 2.73 bits per heavy atom. The fourth-order valence-electron chi connectivity index (χ4n) is 2.60. The zero-order valence-corrected chi connectivity index (χ0v) is 14.7. The molecular weight excluding hydrogens is 391 g/mol. The summed E-state index contributed by atoms with van der Waals surface area (Å²) >= 11 is 2.17. The van der Waals surface area contributed by atoms with Crippen molar-refractivity contribution in [2.24, 2.45) is 0 Å². The van der Waals surface area contributed by atoms with Crippen LogP contribution in [0.4, 0.5) is 0 Å². The lowest BCUT2D eigenvalue weighted by Crippen LogP contribution is -2.36. The van der Waals surface area contributed by atoms with E-state index in [1.165, 1.54) is 6.42 Å². The average Bonchev–Trinajstić information content (AvgIpc) is 2.53. The Balaban J connectivity index is 2.11. The van der Waals surface area contributed by atoms with Crippen molar-refractivity contribution in [1.82, 2.24) is 5.32 Å². The Hall–Kier alpha value is -1.55. The third kappa shape index (κ3) is 4.47. The molecule has 0 atom stereocenters. The Morgan fingerprint density at radius 1 is 1.41 bits per heavy atom. The lowest BCUT2D eigenvalue weighted by Gasteiger charge is -2.22. The van der Waals surface area contributed by atoms with Crippen LogP contribution in [0.3, 0.4) is 0 Å². The summed E-state index contributed by atoms with van der Waals surface area (Å²) < 4.78 is 6.15. The van der Waals surface area contributed by atoms with E-state index in [-0.39, 0.29) is 17.5 Å². The molecule has 0 saturated heterocycles. The van der Waals surface area contributed by atoms with Crippen molar-refractivity contribution in [3.63, 3.8) is 0 Å². The predicted molar refractivity (Wildman–Crippen MR) is 94.3 cm³/mol. The predicted octanol–water partition coefficient (Wildman–Crippen LogP) is 3.66. The monoisotopic (exact) mass is 410 g/mol. The minimum Gasteiger partial charge on any atom is -0.496 e. The summed E-state index contributed by atoms with van der Waals surface area (Å²) in [4.78, 5) is 12.2. The van der Waals surface area contributed by atoms with Crippen molar-refractivity contribution in [2.45, 2.75) is 38.1 Å². The van der Waals surface area contributed by atoms with Crippen LogP contribution >= 0.6 is 22.6 Å². The zero-order valence-electron chi connectivity index (χ0n) is 12.6. The molecule has 1 aromatic carbocycles. The van der Waals surface area contributed by atoms with Gasteiger partial charge in [-0.25, -0.2) is 0 Å².